The number of rotatable bonds is 36. The maximum Gasteiger partial charge on any atom is 0.472 e. The van der Waals surface area contributed by atoms with E-state index in [1.807, 2.05) is 12.2 Å². The molecule has 0 fully saturated rings. The Hall–Kier alpha value is -2.91. The number of phosphoric ester groups is 1. The van der Waals surface area contributed by atoms with E-state index < -0.39 is 33.7 Å². The molecule has 10 heteroatoms. The maximum absolute atomic E-state index is 13.1. The molecule has 0 aromatic heterocycles. The highest BCUT2D eigenvalue weighted by atomic mass is 31.2. The Labute approximate surface area is 334 Å². The molecule has 2 amide bonds. The van der Waals surface area contributed by atoms with Crippen LogP contribution in [0.15, 0.2) is 97.2 Å². The highest BCUT2D eigenvalue weighted by molar-refractivity contribution is 7.47. The van der Waals surface area contributed by atoms with Gasteiger partial charge in [0, 0.05) is 12.8 Å². The van der Waals surface area contributed by atoms with Gasteiger partial charge in [0.15, 0.2) is 0 Å². The Morgan fingerprint density at radius 1 is 0.564 bits per heavy atom. The smallest absolute Gasteiger partial charge is 0.394 e. The molecule has 312 valence electrons. The molecule has 0 saturated heterocycles. The monoisotopic (exact) mass is 788 g/mol. The van der Waals surface area contributed by atoms with E-state index in [1.54, 1.807) is 0 Å². The number of phosphoric acid groups is 1. The van der Waals surface area contributed by atoms with Crippen LogP contribution in [0.1, 0.15) is 142 Å². The molecule has 0 spiro atoms. The van der Waals surface area contributed by atoms with Crippen molar-refractivity contribution >= 4 is 19.6 Å². The van der Waals surface area contributed by atoms with Gasteiger partial charge < -0.3 is 15.1 Å². The summed E-state index contributed by atoms with van der Waals surface area (Å²) in [6.07, 6.45) is 51.0. The highest BCUT2D eigenvalue weighted by Gasteiger charge is 2.25. The van der Waals surface area contributed by atoms with Crippen LogP contribution in [0.2, 0.25) is 0 Å². The average Bonchev–Trinajstić information content (AvgIpc) is 3.17. The van der Waals surface area contributed by atoms with Crippen molar-refractivity contribution in [2.75, 3.05) is 26.4 Å². The van der Waals surface area contributed by atoms with Crippen LogP contribution in [0.4, 0.5) is 0 Å². The average molecular weight is 788 g/mol. The van der Waals surface area contributed by atoms with Crippen molar-refractivity contribution in [1.29, 1.82) is 0 Å². The lowest BCUT2D eigenvalue weighted by Gasteiger charge is -2.22. The number of nitrogens with zero attached hydrogens (tertiary/aromatic N) is 1. The topological polar surface area (TPSA) is 134 Å². The fraction of sp³-hybridized carbons (Fsp3) is 0.600. The van der Waals surface area contributed by atoms with E-state index in [1.165, 1.54) is 38.5 Å². The number of unbranched alkanes of at least 4 members (excludes halogenated alkanes) is 8. The summed E-state index contributed by atoms with van der Waals surface area (Å²) in [6.45, 7) is 2.58. The molecule has 3 N–H and O–H groups in total. The van der Waals surface area contributed by atoms with Gasteiger partial charge in [-0.2, -0.15) is 0 Å². The number of hydrogen-bond acceptors (Lipinski definition) is 7. The van der Waals surface area contributed by atoms with Crippen LogP contribution in [0.5, 0.6) is 0 Å². The van der Waals surface area contributed by atoms with Crippen molar-refractivity contribution in [1.82, 2.24) is 4.90 Å². The number of carbonyl (C=O) groups excluding carboxylic acids is 2. The van der Waals surface area contributed by atoms with Gasteiger partial charge in [0.2, 0.25) is 11.8 Å². The third kappa shape index (κ3) is 36.5. The van der Waals surface area contributed by atoms with E-state index in [2.05, 4.69) is 103 Å². The van der Waals surface area contributed by atoms with Gasteiger partial charge in [-0.3, -0.25) is 23.5 Å². The number of imide groups is 1. The zero-order valence-electron chi connectivity index (χ0n) is 34.1. The first kappa shape index (κ1) is 52.1. The van der Waals surface area contributed by atoms with Crippen LogP contribution in [0.25, 0.3) is 0 Å². The van der Waals surface area contributed by atoms with Crippen molar-refractivity contribution in [2.24, 2.45) is 0 Å². The van der Waals surface area contributed by atoms with E-state index in [0.717, 1.165) is 56.3 Å². The minimum Gasteiger partial charge on any atom is -0.394 e. The predicted octanol–water partition coefficient (Wildman–Crippen LogP) is 11.1. The molecule has 0 saturated carbocycles. The molecule has 0 aliphatic heterocycles. The van der Waals surface area contributed by atoms with E-state index in [9.17, 15) is 24.2 Å². The van der Waals surface area contributed by atoms with Gasteiger partial charge in [-0.05, 0) is 89.9 Å². The molecule has 0 bridgehead atoms. The number of carbonyl (C=O) groups is 2. The quantitative estimate of drug-likeness (QED) is 0.0325. The van der Waals surface area contributed by atoms with Crippen molar-refractivity contribution in [2.45, 2.75) is 148 Å². The molecule has 2 atom stereocenters. The van der Waals surface area contributed by atoms with Crippen LogP contribution < -0.4 is 0 Å². The van der Waals surface area contributed by atoms with Gasteiger partial charge in [0.05, 0.1) is 26.4 Å². The molecule has 0 aliphatic carbocycles. The van der Waals surface area contributed by atoms with Gasteiger partial charge in [-0.25, -0.2) is 4.57 Å². The minimum absolute atomic E-state index is 0.150. The molecule has 0 radical (unpaired) electrons. The lowest BCUT2D eigenvalue weighted by Crippen LogP contribution is -2.39. The summed E-state index contributed by atoms with van der Waals surface area (Å²) in [4.78, 5) is 37.1. The normalized spacial score (nSPS) is 14.4. The van der Waals surface area contributed by atoms with Gasteiger partial charge in [0.1, 0.15) is 6.10 Å². The second-order valence-electron chi connectivity index (χ2n) is 13.3. The SMILES string of the molecule is CCCCC/C=C\C/C=C\C/C=C\C/C=C\CCCC(=O)N(CCOP(=O)(O)OC[C@H](O)CO)C(=O)CCC/C=C\C/C=C\C/C=C\C/C=C\CCCCC. The Bertz CT molecular complexity index is 1160. The van der Waals surface area contributed by atoms with Gasteiger partial charge in [0.25, 0.3) is 0 Å². The Morgan fingerprint density at radius 2 is 0.909 bits per heavy atom. The molecule has 0 aliphatic rings. The molecular weight excluding hydrogens is 713 g/mol. The van der Waals surface area contributed by atoms with Crippen molar-refractivity contribution < 1.29 is 38.3 Å². The molecule has 55 heavy (non-hydrogen) atoms. The third-order valence-electron chi connectivity index (χ3n) is 8.25. The Kier molecular flexibility index (Phi) is 37.2. The minimum atomic E-state index is -4.55. The zero-order valence-corrected chi connectivity index (χ0v) is 35.0. The molecule has 9 nitrogen and oxygen atoms in total. The number of hydrogen-bond donors (Lipinski definition) is 3. The predicted molar refractivity (Wildman–Crippen MR) is 228 cm³/mol. The number of aliphatic hydroxyl groups is 2. The second kappa shape index (κ2) is 39.3. The standard InChI is InChI=1S/C45H74NO8P/c1-3-5-7-9-11-13-15-17-19-21-23-25-27-29-31-33-35-37-44(49)46(39-40-53-55(51,52)54-42-43(48)41-47)45(50)38-36-34-32-30-28-26-24-22-20-18-16-14-12-10-8-6-4-2/h11-14,17-20,23-26,29-32,43,47-48H,3-10,15-16,21-22,27-28,33-42H2,1-2H3,(H,51,52)/b13-11-,14-12-,19-17-,20-18-,25-23-,26-24-,31-29-,32-30-/t43-/m1/s1. The van der Waals surface area contributed by atoms with Crippen LogP contribution in [-0.2, 0) is 23.2 Å². The number of allylic oxidation sites excluding steroid dienone is 16. The van der Waals surface area contributed by atoms with Gasteiger partial charge >= 0.3 is 7.82 Å². The Balaban J connectivity index is 4.67. The van der Waals surface area contributed by atoms with Crippen molar-refractivity contribution in [3.8, 4) is 0 Å². The van der Waals surface area contributed by atoms with Crippen LogP contribution >= 0.6 is 7.82 Å². The van der Waals surface area contributed by atoms with Crippen molar-refractivity contribution in [3.63, 3.8) is 0 Å². The first-order chi connectivity index (χ1) is 26.8. The zero-order chi connectivity index (χ0) is 40.5. The molecule has 1 unspecified atom stereocenters. The number of amides is 2. The molecule has 0 heterocycles. The van der Waals surface area contributed by atoms with E-state index in [4.69, 9.17) is 9.63 Å². The lowest BCUT2D eigenvalue weighted by molar-refractivity contribution is -0.145. The Morgan fingerprint density at radius 3 is 1.25 bits per heavy atom. The lowest BCUT2D eigenvalue weighted by atomic mass is 10.1. The van der Waals surface area contributed by atoms with Gasteiger partial charge in [-0.1, -0.05) is 137 Å². The maximum atomic E-state index is 13.1. The fourth-order valence-electron chi connectivity index (χ4n) is 5.04. The molecule has 0 rings (SSSR count). The summed E-state index contributed by atoms with van der Waals surface area (Å²) in [5, 5.41) is 18.3. The highest BCUT2D eigenvalue weighted by Crippen LogP contribution is 2.43. The van der Waals surface area contributed by atoms with Crippen LogP contribution in [0.3, 0.4) is 0 Å². The fourth-order valence-corrected chi connectivity index (χ4v) is 5.79. The third-order valence-corrected chi connectivity index (χ3v) is 9.23. The summed E-state index contributed by atoms with van der Waals surface area (Å²) in [6, 6.07) is 0. The van der Waals surface area contributed by atoms with Crippen molar-refractivity contribution in [3.05, 3.63) is 97.2 Å². The van der Waals surface area contributed by atoms with Gasteiger partial charge in [-0.15, -0.1) is 0 Å². The van der Waals surface area contributed by atoms with E-state index in [-0.39, 0.29) is 31.2 Å². The summed E-state index contributed by atoms with van der Waals surface area (Å²) >= 11 is 0. The number of aliphatic hydroxyl groups excluding tert-OH is 2. The summed E-state index contributed by atoms with van der Waals surface area (Å²) in [7, 11) is -4.55. The summed E-state index contributed by atoms with van der Waals surface area (Å²) in [5.74, 6) is -0.738. The summed E-state index contributed by atoms with van der Waals surface area (Å²) < 4.78 is 21.7. The first-order valence-electron chi connectivity index (χ1n) is 20.7. The second-order valence-corrected chi connectivity index (χ2v) is 14.8. The first-order valence-corrected chi connectivity index (χ1v) is 22.2. The van der Waals surface area contributed by atoms with Crippen LogP contribution in [0, 0.1) is 0 Å². The largest absolute Gasteiger partial charge is 0.472 e. The summed E-state index contributed by atoms with van der Waals surface area (Å²) in [5.41, 5.74) is 0. The van der Waals surface area contributed by atoms with Crippen LogP contribution in [-0.4, -0.2) is 64.3 Å². The molecule has 0 aromatic rings. The molecular formula is C45H74NO8P. The van der Waals surface area contributed by atoms with E-state index >= 15 is 0 Å². The van der Waals surface area contributed by atoms with E-state index in [0.29, 0.717) is 25.7 Å². The molecule has 0 aromatic carbocycles.